The van der Waals surface area contributed by atoms with Crippen LogP contribution in [-0.4, -0.2) is 23.0 Å². The van der Waals surface area contributed by atoms with E-state index in [-0.39, 0.29) is 5.56 Å². The van der Waals surface area contributed by atoms with Gasteiger partial charge in [0.15, 0.2) is 0 Å². The van der Waals surface area contributed by atoms with E-state index in [1.165, 1.54) is 0 Å². The van der Waals surface area contributed by atoms with E-state index in [1.807, 2.05) is 12.1 Å². The lowest BCUT2D eigenvalue weighted by Crippen LogP contribution is -2.26. The highest BCUT2D eigenvalue weighted by Crippen LogP contribution is 1.97. The summed E-state index contributed by atoms with van der Waals surface area (Å²) in [6.45, 7) is 6.89. The Bertz CT molecular complexity index is 302. The maximum atomic E-state index is 11.3. The molecule has 1 heterocycles. The van der Waals surface area contributed by atoms with Crippen molar-refractivity contribution in [3.05, 3.63) is 34.2 Å². The molecule has 0 aliphatic rings. The van der Waals surface area contributed by atoms with Crippen LogP contribution in [0, 0.1) is 0 Å². The van der Waals surface area contributed by atoms with Crippen molar-refractivity contribution in [2.24, 2.45) is 0 Å². The molecule has 3 heteroatoms. The summed E-state index contributed by atoms with van der Waals surface area (Å²) in [6, 6.07) is 3.73. The van der Waals surface area contributed by atoms with Crippen molar-refractivity contribution in [2.45, 2.75) is 20.4 Å². The standard InChI is InChI=1S/C10H16N2O/c1-3-12(4-2)8-9-6-5-7-11-10(9)13/h5-7H,3-4,8H2,1-2H3,(H,11,13). The van der Waals surface area contributed by atoms with Crippen LogP contribution < -0.4 is 5.56 Å². The first-order chi connectivity index (χ1) is 6.27. The van der Waals surface area contributed by atoms with Gasteiger partial charge in [-0.1, -0.05) is 19.9 Å². The molecule has 0 aliphatic carbocycles. The van der Waals surface area contributed by atoms with Gasteiger partial charge < -0.3 is 4.98 Å². The van der Waals surface area contributed by atoms with E-state index in [0.717, 1.165) is 25.2 Å². The molecule has 0 aromatic carbocycles. The molecule has 0 fully saturated rings. The zero-order valence-corrected chi connectivity index (χ0v) is 8.21. The molecule has 0 atom stereocenters. The fourth-order valence-electron chi connectivity index (χ4n) is 1.27. The SMILES string of the molecule is CCN(CC)Cc1ccc[nH]c1=O. The van der Waals surface area contributed by atoms with E-state index in [2.05, 4.69) is 23.7 Å². The Hall–Kier alpha value is -1.09. The molecule has 1 rings (SSSR count). The third-order valence-corrected chi connectivity index (χ3v) is 2.19. The van der Waals surface area contributed by atoms with Gasteiger partial charge in [-0.3, -0.25) is 9.69 Å². The van der Waals surface area contributed by atoms with Gasteiger partial charge in [-0.15, -0.1) is 0 Å². The second-order valence-corrected chi connectivity index (χ2v) is 2.99. The molecule has 1 N–H and O–H groups in total. The van der Waals surface area contributed by atoms with Crippen LogP contribution in [0.1, 0.15) is 19.4 Å². The van der Waals surface area contributed by atoms with Crippen molar-refractivity contribution >= 4 is 0 Å². The van der Waals surface area contributed by atoms with E-state index < -0.39 is 0 Å². The maximum absolute atomic E-state index is 11.3. The fraction of sp³-hybridized carbons (Fsp3) is 0.500. The number of H-pyrrole nitrogens is 1. The first kappa shape index (κ1) is 9.99. The molecule has 0 saturated carbocycles. The first-order valence-electron chi connectivity index (χ1n) is 4.66. The van der Waals surface area contributed by atoms with Gasteiger partial charge in [-0.2, -0.15) is 0 Å². The summed E-state index contributed by atoms with van der Waals surface area (Å²) >= 11 is 0. The number of aromatic nitrogens is 1. The Balaban J connectivity index is 2.73. The highest BCUT2D eigenvalue weighted by molar-refractivity contribution is 5.08. The minimum Gasteiger partial charge on any atom is -0.329 e. The predicted molar refractivity (Wildman–Crippen MR) is 53.7 cm³/mol. The van der Waals surface area contributed by atoms with Gasteiger partial charge in [0.25, 0.3) is 5.56 Å². The number of hydrogen-bond donors (Lipinski definition) is 1. The summed E-state index contributed by atoms with van der Waals surface area (Å²) in [5.74, 6) is 0. The maximum Gasteiger partial charge on any atom is 0.252 e. The summed E-state index contributed by atoms with van der Waals surface area (Å²) in [4.78, 5) is 16.2. The third-order valence-electron chi connectivity index (χ3n) is 2.19. The normalized spacial score (nSPS) is 10.7. The van der Waals surface area contributed by atoms with Crippen LogP contribution in [-0.2, 0) is 6.54 Å². The van der Waals surface area contributed by atoms with Crippen LogP contribution in [0.15, 0.2) is 23.1 Å². The third kappa shape index (κ3) is 2.70. The molecule has 1 aromatic rings. The van der Waals surface area contributed by atoms with Crippen molar-refractivity contribution in [1.82, 2.24) is 9.88 Å². The first-order valence-corrected chi connectivity index (χ1v) is 4.66. The van der Waals surface area contributed by atoms with Crippen LogP contribution in [0.25, 0.3) is 0 Å². The lowest BCUT2D eigenvalue weighted by molar-refractivity contribution is 0.294. The molecule has 3 nitrogen and oxygen atoms in total. The molecular weight excluding hydrogens is 164 g/mol. The molecule has 0 spiro atoms. The van der Waals surface area contributed by atoms with Crippen molar-refractivity contribution < 1.29 is 0 Å². The van der Waals surface area contributed by atoms with Crippen LogP contribution in [0.2, 0.25) is 0 Å². The molecule has 13 heavy (non-hydrogen) atoms. The smallest absolute Gasteiger partial charge is 0.252 e. The molecule has 0 amide bonds. The number of aromatic amines is 1. The summed E-state index contributed by atoms with van der Waals surface area (Å²) < 4.78 is 0. The van der Waals surface area contributed by atoms with Crippen LogP contribution >= 0.6 is 0 Å². The van der Waals surface area contributed by atoms with Gasteiger partial charge in [0.1, 0.15) is 0 Å². The Morgan fingerprint density at radius 1 is 1.38 bits per heavy atom. The summed E-state index contributed by atoms with van der Waals surface area (Å²) in [6.07, 6.45) is 1.66. The van der Waals surface area contributed by atoms with E-state index in [1.54, 1.807) is 6.20 Å². The van der Waals surface area contributed by atoms with Crippen molar-refractivity contribution in [3.63, 3.8) is 0 Å². The molecular formula is C10H16N2O. The van der Waals surface area contributed by atoms with E-state index in [0.29, 0.717) is 0 Å². The average Bonchev–Trinajstić information content (AvgIpc) is 2.17. The molecule has 72 valence electrons. The Kier molecular flexibility index (Phi) is 3.71. The van der Waals surface area contributed by atoms with Crippen LogP contribution in [0.3, 0.4) is 0 Å². The molecule has 0 bridgehead atoms. The molecule has 0 unspecified atom stereocenters. The van der Waals surface area contributed by atoms with Crippen LogP contribution in [0.4, 0.5) is 0 Å². The second-order valence-electron chi connectivity index (χ2n) is 2.99. The van der Waals surface area contributed by atoms with Gasteiger partial charge in [0.2, 0.25) is 0 Å². The topological polar surface area (TPSA) is 36.1 Å². The zero-order valence-electron chi connectivity index (χ0n) is 8.21. The summed E-state index contributed by atoms with van der Waals surface area (Å²) in [5, 5.41) is 0. The number of hydrogen-bond acceptors (Lipinski definition) is 2. The lowest BCUT2D eigenvalue weighted by Gasteiger charge is -2.16. The highest BCUT2D eigenvalue weighted by Gasteiger charge is 2.03. The highest BCUT2D eigenvalue weighted by atomic mass is 16.1. The zero-order chi connectivity index (χ0) is 9.68. The van der Waals surface area contributed by atoms with Gasteiger partial charge in [-0.05, 0) is 19.2 Å². The number of nitrogens with zero attached hydrogens (tertiary/aromatic N) is 1. The van der Waals surface area contributed by atoms with Crippen molar-refractivity contribution in [3.8, 4) is 0 Å². The Morgan fingerprint density at radius 2 is 2.08 bits per heavy atom. The molecule has 1 aromatic heterocycles. The van der Waals surface area contributed by atoms with E-state index in [9.17, 15) is 4.79 Å². The molecule has 0 aliphatic heterocycles. The van der Waals surface area contributed by atoms with Gasteiger partial charge in [-0.25, -0.2) is 0 Å². The second kappa shape index (κ2) is 4.82. The number of nitrogens with one attached hydrogen (secondary N) is 1. The van der Waals surface area contributed by atoms with Gasteiger partial charge in [0, 0.05) is 18.3 Å². The number of rotatable bonds is 4. The van der Waals surface area contributed by atoms with Gasteiger partial charge >= 0.3 is 0 Å². The minimum absolute atomic E-state index is 0.0226. The largest absolute Gasteiger partial charge is 0.329 e. The predicted octanol–water partition coefficient (Wildman–Crippen LogP) is 1.22. The monoisotopic (exact) mass is 180 g/mol. The van der Waals surface area contributed by atoms with Crippen molar-refractivity contribution in [2.75, 3.05) is 13.1 Å². The quantitative estimate of drug-likeness (QED) is 0.756. The van der Waals surface area contributed by atoms with E-state index >= 15 is 0 Å². The fourth-order valence-corrected chi connectivity index (χ4v) is 1.27. The van der Waals surface area contributed by atoms with Gasteiger partial charge in [0.05, 0.1) is 0 Å². The Morgan fingerprint density at radius 3 is 2.62 bits per heavy atom. The number of pyridine rings is 1. The average molecular weight is 180 g/mol. The molecule has 0 radical (unpaired) electrons. The summed E-state index contributed by atoms with van der Waals surface area (Å²) in [5.41, 5.74) is 0.862. The lowest BCUT2D eigenvalue weighted by atomic mass is 10.2. The minimum atomic E-state index is 0.0226. The van der Waals surface area contributed by atoms with Crippen LogP contribution in [0.5, 0.6) is 0 Å². The Labute approximate surface area is 78.4 Å². The molecule has 0 saturated heterocycles. The summed E-state index contributed by atoms with van der Waals surface area (Å²) in [7, 11) is 0. The van der Waals surface area contributed by atoms with Crippen molar-refractivity contribution in [1.29, 1.82) is 0 Å². The van der Waals surface area contributed by atoms with E-state index in [4.69, 9.17) is 0 Å².